The molecule has 0 spiro atoms. The van der Waals surface area contributed by atoms with Gasteiger partial charge in [-0.25, -0.2) is 0 Å². The Labute approximate surface area is 175 Å². The minimum atomic E-state index is -0.118. The fourth-order valence-corrected chi connectivity index (χ4v) is 3.80. The van der Waals surface area contributed by atoms with E-state index in [0.29, 0.717) is 23.5 Å². The van der Waals surface area contributed by atoms with Crippen molar-refractivity contribution in [2.45, 2.75) is 46.2 Å². The van der Waals surface area contributed by atoms with Gasteiger partial charge in [0.2, 0.25) is 0 Å². The van der Waals surface area contributed by atoms with Crippen molar-refractivity contribution in [2.75, 3.05) is 7.05 Å². The van der Waals surface area contributed by atoms with Crippen LogP contribution in [0.4, 0.5) is 0 Å². The topological polar surface area (TPSA) is 80.4 Å². The number of carbonyl (C=O) groups excluding carboxylic acids is 2. The standard InChI is InChI=1S/C23H26N4O3/c1-14-11-20(16(3)27(14)21-12-15(2)30-25-21)23(29)26(19-9-10-19)13-17-5-7-18(8-6-17)22(28)24-4/h5-8,11-12,19H,9-10,13H2,1-4H3,(H,24,28). The Balaban J connectivity index is 1.60. The predicted octanol–water partition coefficient (Wildman–Crippen LogP) is 3.55. The molecule has 2 aromatic heterocycles. The van der Waals surface area contributed by atoms with Gasteiger partial charge in [-0.2, -0.15) is 0 Å². The van der Waals surface area contributed by atoms with Crippen molar-refractivity contribution in [3.8, 4) is 5.82 Å². The Morgan fingerprint density at radius 3 is 2.43 bits per heavy atom. The first kappa shape index (κ1) is 19.9. The summed E-state index contributed by atoms with van der Waals surface area (Å²) < 4.78 is 7.16. The third-order valence-corrected chi connectivity index (χ3v) is 5.55. The van der Waals surface area contributed by atoms with E-state index >= 15 is 0 Å². The highest BCUT2D eigenvalue weighted by Gasteiger charge is 2.34. The molecule has 2 amide bonds. The molecule has 3 aromatic rings. The summed E-state index contributed by atoms with van der Waals surface area (Å²) in [5.41, 5.74) is 4.09. The summed E-state index contributed by atoms with van der Waals surface area (Å²) in [5.74, 6) is 1.31. The zero-order valence-corrected chi connectivity index (χ0v) is 17.7. The second-order valence-corrected chi connectivity index (χ2v) is 7.86. The van der Waals surface area contributed by atoms with Gasteiger partial charge in [-0.05, 0) is 57.4 Å². The molecule has 156 valence electrons. The summed E-state index contributed by atoms with van der Waals surface area (Å²) in [6, 6.07) is 11.5. The van der Waals surface area contributed by atoms with Gasteiger partial charge in [-0.15, -0.1) is 0 Å². The van der Waals surface area contributed by atoms with E-state index in [4.69, 9.17) is 4.52 Å². The maximum absolute atomic E-state index is 13.5. The third kappa shape index (κ3) is 3.75. The van der Waals surface area contributed by atoms with Crippen LogP contribution in [0.2, 0.25) is 0 Å². The highest BCUT2D eigenvalue weighted by atomic mass is 16.5. The zero-order valence-electron chi connectivity index (χ0n) is 17.7. The molecule has 0 unspecified atom stereocenters. The minimum Gasteiger partial charge on any atom is -0.360 e. The molecule has 1 N–H and O–H groups in total. The molecule has 1 aliphatic carbocycles. The average Bonchev–Trinajstić information content (AvgIpc) is 3.43. The fourth-order valence-electron chi connectivity index (χ4n) is 3.80. The van der Waals surface area contributed by atoms with Crippen LogP contribution in [0, 0.1) is 20.8 Å². The Kier molecular flexibility index (Phi) is 5.20. The number of benzene rings is 1. The molecule has 7 nitrogen and oxygen atoms in total. The lowest BCUT2D eigenvalue weighted by atomic mass is 10.1. The molecule has 2 heterocycles. The molecule has 0 saturated heterocycles. The van der Waals surface area contributed by atoms with Gasteiger partial charge in [0.05, 0.1) is 5.56 Å². The van der Waals surface area contributed by atoms with Crippen LogP contribution in [0.15, 0.2) is 40.9 Å². The molecular weight excluding hydrogens is 380 g/mol. The summed E-state index contributed by atoms with van der Waals surface area (Å²) in [6.07, 6.45) is 2.03. The number of nitrogens with one attached hydrogen (secondary N) is 1. The van der Waals surface area contributed by atoms with Gasteiger partial charge in [0.1, 0.15) is 5.76 Å². The molecule has 0 radical (unpaired) electrons. The van der Waals surface area contributed by atoms with Gasteiger partial charge in [-0.3, -0.25) is 14.2 Å². The molecule has 4 rings (SSSR count). The van der Waals surface area contributed by atoms with Crippen LogP contribution in [-0.4, -0.2) is 39.5 Å². The second kappa shape index (κ2) is 7.82. The average molecular weight is 406 g/mol. The van der Waals surface area contributed by atoms with E-state index < -0.39 is 0 Å². The van der Waals surface area contributed by atoms with Crippen molar-refractivity contribution in [3.05, 3.63) is 70.2 Å². The fraction of sp³-hybridized carbons (Fsp3) is 0.348. The normalized spacial score (nSPS) is 13.3. The van der Waals surface area contributed by atoms with Gasteiger partial charge >= 0.3 is 0 Å². The Bertz CT molecular complexity index is 1090. The molecule has 1 aliphatic rings. The molecule has 1 fully saturated rings. The van der Waals surface area contributed by atoms with E-state index in [-0.39, 0.29) is 17.9 Å². The maximum Gasteiger partial charge on any atom is 0.256 e. The number of hydrogen-bond acceptors (Lipinski definition) is 4. The van der Waals surface area contributed by atoms with Crippen LogP contribution in [0.1, 0.15) is 56.3 Å². The summed E-state index contributed by atoms with van der Waals surface area (Å²) in [4.78, 5) is 27.2. The first-order valence-electron chi connectivity index (χ1n) is 10.1. The quantitative estimate of drug-likeness (QED) is 0.679. The molecule has 0 atom stereocenters. The number of nitrogens with zero attached hydrogens (tertiary/aromatic N) is 3. The van der Waals surface area contributed by atoms with E-state index in [1.54, 1.807) is 19.2 Å². The molecule has 7 heteroatoms. The van der Waals surface area contributed by atoms with E-state index in [1.807, 2.05) is 54.5 Å². The van der Waals surface area contributed by atoms with Gasteiger partial charge in [0.15, 0.2) is 5.82 Å². The molecule has 30 heavy (non-hydrogen) atoms. The second-order valence-electron chi connectivity index (χ2n) is 7.86. The maximum atomic E-state index is 13.5. The Morgan fingerprint density at radius 2 is 1.87 bits per heavy atom. The first-order valence-corrected chi connectivity index (χ1v) is 10.1. The predicted molar refractivity (Wildman–Crippen MR) is 113 cm³/mol. The SMILES string of the molecule is CNC(=O)c1ccc(CN(C(=O)c2cc(C)n(-c3cc(C)on3)c2C)C2CC2)cc1. The summed E-state index contributed by atoms with van der Waals surface area (Å²) in [7, 11) is 1.61. The number of amides is 2. The van der Waals surface area contributed by atoms with Crippen LogP contribution in [0.25, 0.3) is 5.82 Å². The molecular formula is C23H26N4O3. The number of carbonyl (C=O) groups is 2. The van der Waals surface area contributed by atoms with Crippen LogP contribution in [-0.2, 0) is 6.54 Å². The van der Waals surface area contributed by atoms with E-state index in [1.165, 1.54) is 0 Å². The minimum absolute atomic E-state index is 0.0208. The molecule has 1 aromatic carbocycles. The summed E-state index contributed by atoms with van der Waals surface area (Å²) in [6.45, 7) is 6.27. The van der Waals surface area contributed by atoms with Gasteiger partial charge < -0.3 is 14.7 Å². The van der Waals surface area contributed by atoms with Gasteiger partial charge in [0, 0.05) is 42.7 Å². The summed E-state index contributed by atoms with van der Waals surface area (Å²) >= 11 is 0. The van der Waals surface area contributed by atoms with Crippen LogP contribution >= 0.6 is 0 Å². The van der Waals surface area contributed by atoms with Crippen molar-refractivity contribution in [1.82, 2.24) is 19.9 Å². The third-order valence-electron chi connectivity index (χ3n) is 5.55. The van der Waals surface area contributed by atoms with Crippen LogP contribution < -0.4 is 5.32 Å². The largest absolute Gasteiger partial charge is 0.360 e. The number of rotatable bonds is 6. The summed E-state index contributed by atoms with van der Waals surface area (Å²) in [5, 5.41) is 6.72. The van der Waals surface area contributed by atoms with Crippen molar-refractivity contribution in [1.29, 1.82) is 0 Å². The lowest BCUT2D eigenvalue weighted by molar-refractivity contribution is 0.0728. The van der Waals surface area contributed by atoms with Crippen molar-refractivity contribution in [2.24, 2.45) is 0 Å². The van der Waals surface area contributed by atoms with Crippen molar-refractivity contribution < 1.29 is 14.1 Å². The van der Waals surface area contributed by atoms with Crippen molar-refractivity contribution in [3.63, 3.8) is 0 Å². The monoisotopic (exact) mass is 406 g/mol. The van der Waals surface area contributed by atoms with Crippen LogP contribution in [0.5, 0.6) is 0 Å². The van der Waals surface area contributed by atoms with Gasteiger partial charge in [0.25, 0.3) is 11.8 Å². The number of hydrogen-bond donors (Lipinski definition) is 1. The lowest BCUT2D eigenvalue weighted by Crippen LogP contribution is -2.33. The van der Waals surface area contributed by atoms with Gasteiger partial charge in [-0.1, -0.05) is 17.3 Å². The number of aryl methyl sites for hydroxylation is 2. The van der Waals surface area contributed by atoms with E-state index in [9.17, 15) is 9.59 Å². The molecule has 1 saturated carbocycles. The lowest BCUT2D eigenvalue weighted by Gasteiger charge is -2.23. The van der Waals surface area contributed by atoms with Crippen molar-refractivity contribution >= 4 is 11.8 Å². The zero-order chi connectivity index (χ0) is 21.4. The highest BCUT2D eigenvalue weighted by molar-refractivity contribution is 5.96. The Morgan fingerprint density at radius 1 is 1.17 bits per heavy atom. The van der Waals surface area contributed by atoms with E-state index in [0.717, 1.165) is 35.6 Å². The smallest absolute Gasteiger partial charge is 0.256 e. The van der Waals surface area contributed by atoms with Crippen LogP contribution in [0.3, 0.4) is 0 Å². The number of aromatic nitrogens is 2. The first-order chi connectivity index (χ1) is 14.4. The molecule has 0 bridgehead atoms. The highest BCUT2D eigenvalue weighted by Crippen LogP contribution is 2.31. The molecule has 0 aliphatic heterocycles. The Hall–Kier alpha value is -3.35. The van der Waals surface area contributed by atoms with E-state index in [2.05, 4.69) is 10.5 Å².